The van der Waals surface area contributed by atoms with Crippen molar-refractivity contribution >= 4 is 22.8 Å². The van der Waals surface area contributed by atoms with Crippen LogP contribution in [0.3, 0.4) is 0 Å². The number of carbonyl (C=O) groups is 1. The number of H-pyrrole nitrogens is 1. The van der Waals surface area contributed by atoms with Gasteiger partial charge in [0.25, 0.3) is 0 Å². The number of carbonyl (C=O) groups excluding carboxylic acids is 1. The lowest BCUT2D eigenvalue weighted by Gasteiger charge is -2.12. The summed E-state index contributed by atoms with van der Waals surface area (Å²) in [6.07, 6.45) is 5.82. The number of aromatic amines is 1. The van der Waals surface area contributed by atoms with Crippen LogP contribution in [-0.4, -0.2) is 70.3 Å². The average molecular weight is 418 g/mol. The van der Waals surface area contributed by atoms with Crippen LogP contribution >= 0.6 is 0 Å². The van der Waals surface area contributed by atoms with Gasteiger partial charge in [0.2, 0.25) is 0 Å². The SMILES string of the molecule is CN(C)CCn1cc(-c2ccnc3[nH]ccc23)c(-c2ccc(NC(=O)N(C)C)cc2)n1. The Morgan fingerprint density at radius 3 is 2.55 bits per heavy atom. The van der Waals surface area contributed by atoms with Crippen LogP contribution in [0.25, 0.3) is 33.4 Å². The standard InChI is InChI=1S/C23H27N7O/c1-28(2)13-14-30-15-20(18-9-11-24-22-19(18)10-12-25-22)21(27-30)16-5-7-17(8-6-16)26-23(31)29(3)4/h5-12,15H,13-14H2,1-4H3,(H,24,25)(H,26,31). The van der Waals surface area contributed by atoms with Gasteiger partial charge in [-0.3, -0.25) is 4.68 Å². The first-order valence-electron chi connectivity index (χ1n) is 10.2. The van der Waals surface area contributed by atoms with Crippen molar-refractivity contribution in [3.05, 3.63) is 55.0 Å². The highest BCUT2D eigenvalue weighted by atomic mass is 16.2. The van der Waals surface area contributed by atoms with E-state index in [2.05, 4.69) is 40.5 Å². The summed E-state index contributed by atoms with van der Waals surface area (Å²) in [5.74, 6) is 0. The van der Waals surface area contributed by atoms with Crippen molar-refractivity contribution in [2.45, 2.75) is 6.54 Å². The number of hydrogen-bond acceptors (Lipinski definition) is 4. The molecule has 3 heterocycles. The van der Waals surface area contributed by atoms with Crippen LogP contribution in [0.2, 0.25) is 0 Å². The molecule has 0 fully saturated rings. The van der Waals surface area contributed by atoms with Crippen molar-refractivity contribution in [3.8, 4) is 22.4 Å². The number of urea groups is 1. The molecule has 0 spiro atoms. The number of fused-ring (bicyclic) bond motifs is 1. The van der Waals surface area contributed by atoms with Gasteiger partial charge in [-0.2, -0.15) is 5.10 Å². The van der Waals surface area contributed by atoms with Gasteiger partial charge in [-0.05, 0) is 43.9 Å². The van der Waals surface area contributed by atoms with Gasteiger partial charge < -0.3 is 20.1 Å². The minimum Gasteiger partial charge on any atom is -0.346 e. The predicted molar refractivity (Wildman–Crippen MR) is 124 cm³/mol. The summed E-state index contributed by atoms with van der Waals surface area (Å²) in [7, 11) is 7.54. The molecule has 0 unspecified atom stereocenters. The molecule has 0 radical (unpaired) electrons. The number of anilines is 1. The number of nitrogens with zero attached hydrogens (tertiary/aromatic N) is 5. The highest BCUT2D eigenvalue weighted by Gasteiger charge is 2.16. The molecule has 31 heavy (non-hydrogen) atoms. The van der Waals surface area contributed by atoms with E-state index in [4.69, 9.17) is 5.10 Å². The fraction of sp³-hybridized carbons (Fsp3) is 0.261. The van der Waals surface area contributed by atoms with Crippen LogP contribution in [0, 0.1) is 0 Å². The molecule has 0 saturated heterocycles. The lowest BCUT2D eigenvalue weighted by atomic mass is 10.0. The number of likely N-dealkylation sites (N-methyl/N-ethyl adjacent to an activating group) is 1. The number of amides is 2. The third-order valence-corrected chi connectivity index (χ3v) is 5.10. The van der Waals surface area contributed by atoms with E-state index in [1.54, 1.807) is 14.1 Å². The molecule has 0 bridgehead atoms. The number of hydrogen-bond donors (Lipinski definition) is 2. The third-order valence-electron chi connectivity index (χ3n) is 5.10. The Morgan fingerprint density at radius 2 is 1.84 bits per heavy atom. The van der Waals surface area contributed by atoms with E-state index >= 15 is 0 Å². The van der Waals surface area contributed by atoms with E-state index in [0.29, 0.717) is 0 Å². The highest BCUT2D eigenvalue weighted by molar-refractivity contribution is 5.97. The molecule has 160 valence electrons. The molecule has 0 aliphatic carbocycles. The van der Waals surface area contributed by atoms with E-state index in [0.717, 1.165) is 52.2 Å². The maximum absolute atomic E-state index is 11.9. The Kier molecular flexibility index (Phi) is 5.73. The van der Waals surface area contributed by atoms with Crippen LogP contribution < -0.4 is 5.32 Å². The molecule has 2 N–H and O–H groups in total. The van der Waals surface area contributed by atoms with Crippen molar-refractivity contribution in [1.29, 1.82) is 0 Å². The number of benzene rings is 1. The molecule has 0 atom stereocenters. The lowest BCUT2D eigenvalue weighted by Crippen LogP contribution is -2.27. The van der Waals surface area contributed by atoms with Crippen molar-refractivity contribution in [2.24, 2.45) is 0 Å². The van der Waals surface area contributed by atoms with Gasteiger partial charge in [0, 0.05) is 61.4 Å². The molecule has 3 aromatic heterocycles. The molecular formula is C23H27N7O. The number of nitrogens with one attached hydrogen (secondary N) is 2. The van der Waals surface area contributed by atoms with Crippen molar-refractivity contribution < 1.29 is 4.79 Å². The smallest absolute Gasteiger partial charge is 0.321 e. The van der Waals surface area contributed by atoms with Crippen LogP contribution in [-0.2, 0) is 6.54 Å². The van der Waals surface area contributed by atoms with Gasteiger partial charge in [0.1, 0.15) is 11.3 Å². The van der Waals surface area contributed by atoms with Gasteiger partial charge in [-0.15, -0.1) is 0 Å². The Morgan fingerprint density at radius 1 is 1.06 bits per heavy atom. The number of aromatic nitrogens is 4. The first kappa shape index (κ1) is 20.6. The van der Waals surface area contributed by atoms with Crippen LogP contribution in [0.15, 0.2) is 55.0 Å². The van der Waals surface area contributed by atoms with Crippen molar-refractivity contribution in [2.75, 3.05) is 40.1 Å². The van der Waals surface area contributed by atoms with Gasteiger partial charge in [-0.1, -0.05) is 12.1 Å². The summed E-state index contributed by atoms with van der Waals surface area (Å²) in [5, 5.41) is 8.83. The Bertz CT molecular complexity index is 1190. The fourth-order valence-electron chi connectivity index (χ4n) is 3.39. The van der Waals surface area contributed by atoms with Gasteiger partial charge in [0.15, 0.2) is 0 Å². The number of pyridine rings is 1. The van der Waals surface area contributed by atoms with E-state index in [1.165, 1.54) is 4.90 Å². The van der Waals surface area contributed by atoms with Gasteiger partial charge in [-0.25, -0.2) is 9.78 Å². The minimum atomic E-state index is -0.159. The zero-order valence-corrected chi connectivity index (χ0v) is 18.3. The second-order valence-corrected chi connectivity index (χ2v) is 7.96. The highest BCUT2D eigenvalue weighted by Crippen LogP contribution is 2.35. The largest absolute Gasteiger partial charge is 0.346 e. The molecule has 4 rings (SSSR count). The molecule has 8 nitrogen and oxygen atoms in total. The first-order chi connectivity index (χ1) is 14.9. The van der Waals surface area contributed by atoms with Crippen molar-refractivity contribution in [3.63, 3.8) is 0 Å². The maximum Gasteiger partial charge on any atom is 0.321 e. The number of rotatable bonds is 6. The second kappa shape index (κ2) is 8.61. The molecule has 1 aromatic carbocycles. The summed E-state index contributed by atoms with van der Waals surface area (Å²) < 4.78 is 1.99. The summed E-state index contributed by atoms with van der Waals surface area (Å²) in [6.45, 7) is 1.68. The normalized spacial score (nSPS) is 11.3. The third kappa shape index (κ3) is 4.44. The molecule has 8 heteroatoms. The molecule has 0 aliphatic rings. The van der Waals surface area contributed by atoms with E-state index < -0.39 is 0 Å². The topological polar surface area (TPSA) is 82.1 Å². The molecule has 2 amide bonds. The van der Waals surface area contributed by atoms with E-state index in [9.17, 15) is 4.79 Å². The van der Waals surface area contributed by atoms with Crippen LogP contribution in [0.5, 0.6) is 0 Å². The maximum atomic E-state index is 11.9. The summed E-state index contributed by atoms with van der Waals surface area (Å²) in [5.41, 5.74) is 5.62. The quantitative estimate of drug-likeness (QED) is 0.501. The first-order valence-corrected chi connectivity index (χ1v) is 10.2. The zero-order valence-electron chi connectivity index (χ0n) is 18.3. The van der Waals surface area contributed by atoms with Gasteiger partial charge in [0.05, 0.1) is 6.54 Å². The Hall–Kier alpha value is -3.65. The monoisotopic (exact) mass is 417 g/mol. The van der Waals surface area contributed by atoms with Gasteiger partial charge >= 0.3 is 6.03 Å². The molecule has 4 aromatic rings. The average Bonchev–Trinajstić information content (AvgIpc) is 3.39. The predicted octanol–water partition coefficient (Wildman–Crippen LogP) is 3.75. The summed E-state index contributed by atoms with van der Waals surface area (Å²) >= 11 is 0. The van der Waals surface area contributed by atoms with Crippen LogP contribution in [0.1, 0.15) is 0 Å². The lowest BCUT2D eigenvalue weighted by molar-refractivity contribution is 0.230. The molecular weight excluding hydrogens is 390 g/mol. The van der Waals surface area contributed by atoms with Crippen LogP contribution in [0.4, 0.5) is 10.5 Å². The Labute approximate surface area is 181 Å². The van der Waals surface area contributed by atoms with E-state index in [-0.39, 0.29) is 6.03 Å². The Balaban J connectivity index is 1.74. The summed E-state index contributed by atoms with van der Waals surface area (Å²) in [4.78, 5) is 23.2. The summed E-state index contributed by atoms with van der Waals surface area (Å²) in [6, 6.07) is 11.7. The van der Waals surface area contributed by atoms with Crippen molar-refractivity contribution in [1.82, 2.24) is 29.5 Å². The van der Waals surface area contributed by atoms with E-state index in [1.807, 2.05) is 53.5 Å². The zero-order chi connectivity index (χ0) is 22.0. The fourth-order valence-corrected chi connectivity index (χ4v) is 3.39. The molecule has 0 saturated carbocycles. The molecule has 0 aliphatic heterocycles. The second-order valence-electron chi connectivity index (χ2n) is 7.96. The minimum absolute atomic E-state index is 0.159.